The highest BCUT2D eigenvalue weighted by molar-refractivity contribution is 5.91. The molecule has 0 aliphatic heterocycles. The van der Waals surface area contributed by atoms with E-state index < -0.39 is 16.8 Å². The van der Waals surface area contributed by atoms with E-state index in [1.165, 1.54) is 30.5 Å². The maximum absolute atomic E-state index is 12.2. The van der Waals surface area contributed by atoms with Gasteiger partial charge in [-0.3, -0.25) is 14.9 Å². The molecule has 0 aliphatic rings. The summed E-state index contributed by atoms with van der Waals surface area (Å²) in [4.78, 5) is 34.2. The summed E-state index contributed by atoms with van der Waals surface area (Å²) < 4.78 is 15.9. The lowest BCUT2D eigenvalue weighted by atomic mass is 10.2. The minimum atomic E-state index is -0.524. The number of hydrogen-bond donors (Lipinski definition) is 1. The molecule has 0 saturated heterocycles. The zero-order valence-electron chi connectivity index (χ0n) is 18.2. The molecule has 3 aromatic carbocycles. The highest BCUT2D eigenvalue weighted by Gasteiger charge is 2.09. The first-order valence-electron chi connectivity index (χ1n) is 10.2. The Kier molecular flexibility index (Phi) is 8.28. The molecule has 0 aromatic heterocycles. The molecular formula is C24H21N3O7. The Balaban J connectivity index is 1.44. The Bertz CT molecular complexity index is 1160. The first-order chi connectivity index (χ1) is 16.4. The fourth-order valence-electron chi connectivity index (χ4n) is 2.67. The first-order valence-corrected chi connectivity index (χ1v) is 10.2. The summed E-state index contributed by atoms with van der Waals surface area (Å²) in [6.45, 7) is 2.11. The lowest BCUT2D eigenvalue weighted by molar-refractivity contribution is -0.384. The Hall–Kier alpha value is -4.73. The van der Waals surface area contributed by atoms with Gasteiger partial charge in [0.15, 0.2) is 6.61 Å². The number of esters is 1. The molecule has 1 N–H and O–H groups in total. The molecule has 0 bridgehead atoms. The number of rotatable bonds is 10. The predicted octanol–water partition coefficient (Wildman–Crippen LogP) is 3.74. The number of non-ortho nitro benzene ring substituents is 1. The number of carbonyl (C=O) groups is 2. The van der Waals surface area contributed by atoms with Crippen LogP contribution in [0.5, 0.6) is 17.2 Å². The molecule has 3 aromatic rings. The van der Waals surface area contributed by atoms with E-state index in [0.717, 1.165) is 0 Å². The number of nitrogens with zero attached hydrogens (tertiary/aromatic N) is 2. The number of hydrogen-bond acceptors (Lipinski definition) is 8. The highest BCUT2D eigenvalue weighted by atomic mass is 16.6. The van der Waals surface area contributed by atoms with Gasteiger partial charge in [0, 0.05) is 12.1 Å². The fraction of sp³-hybridized carbons (Fsp3) is 0.125. The number of benzene rings is 3. The molecule has 0 fully saturated rings. The van der Waals surface area contributed by atoms with Gasteiger partial charge >= 0.3 is 5.97 Å². The van der Waals surface area contributed by atoms with Gasteiger partial charge in [-0.25, -0.2) is 10.2 Å². The van der Waals surface area contributed by atoms with Crippen LogP contribution >= 0.6 is 0 Å². The largest absolute Gasteiger partial charge is 0.494 e. The molecule has 10 nitrogen and oxygen atoms in total. The lowest BCUT2D eigenvalue weighted by Crippen LogP contribution is -2.24. The van der Waals surface area contributed by atoms with Crippen LogP contribution in [0.25, 0.3) is 0 Å². The van der Waals surface area contributed by atoms with E-state index in [4.69, 9.17) is 14.2 Å². The summed E-state index contributed by atoms with van der Waals surface area (Å²) in [5.74, 6) is 0.351. The highest BCUT2D eigenvalue weighted by Crippen LogP contribution is 2.18. The average Bonchev–Trinajstić information content (AvgIpc) is 2.84. The second-order valence-corrected chi connectivity index (χ2v) is 6.75. The van der Waals surface area contributed by atoms with Gasteiger partial charge in [0.25, 0.3) is 11.6 Å². The molecule has 34 heavy (non-hydrogen) atoms. The zero-order chi connectivity index (χ0) is 24.3. The first kappa shape index (κ1) is 23.9. The number of ether oxygens (including phenoxy) is 3. The van der Waals surface area contributed by atoms with Crippen molar-refractivity contribution in [3.8, 4) is 17.2 Å². The van der Waals surface area contributed by atoms with E-state index in [1.54, 1.807) is 48.5 Å². The van der Waals surface area contributed by atoms with Crippen molar-refractivity contribution in [1.29, 1.82) is 0 Å². The number of carbonyl (C=O) groups excluding carboxylic acids is 2. The second kappa shape index (κ2) is 11.8. The molecule has 1 amide bonds. The Morgan fingerprint density at radius 3 is 2.12 bits per heavy atom. The molecule has 0 saturated carbocycles. The van der Waals surface area contributed by atoms with Gasteiger partial charge in [-0.05, 0) is 73.2 Å². The summed E-state index contributed by atoms with van der Waals surface area (Å²) >= 11 is 0. The van der Waals surface area contributed by atoms with Gasteiger partial charge in [0.05, 0.1) is 23.3 Å². The molecule has 0 atom stereocenters. The van der Waals surface area contributed by atoms with E-state index >= 15 is 0 Å². The van der Waals surface area contributed by atoms with Crippen molar-refractivity contribution in [2.45, 2.75) is 6.92 Å². The van der Waals surface area contributed by atoms with Crippen LogP contribution in [0.15, 0.2) is 77.9 Å². The third-order valence-electron chi connectivity index (χ3n) is 4.31. The van der Waals surface area contributed by atoms with Crippen LogP contribution in [-0.4, -0.2) is 36.2 Å². The second-order valence-electron chi connectivity index (χ2n) is 6.75. The molecule has 0 radical (unpaired) electrons. The average molecular weight is 463 g/mol. The molecule has 174 valence electrons. The predicted molar refractivity (Wildman–Crippen MR) is 123 cm³/mol. The minimum Gasteiger partial charge on any atom is -0.494 e. The minimum absolute atomic E-state index is 0.0710. The van der Waals surface area contributed by atoms with Gasteiger partial charge in [0.1, 0.15) is 17.2 Å². The molecule has 0 unspecified atom stereocenters. The van der Waals surface area contributed by atoms with Crippen molar-refractivity contribution in [3.05, 3.63) is 94.0 Å². The lowest BCUT2D eigenvalue weighted by Gasteiger charge is -2.06. The van der Waals surface area contributed by atoms with Gasteiger partial charge in [-0.1, -0.05) is 0 Å². The normalized spacial score (nSPS) is 10.5. The molecule has 0 spiro atoms. The SMILES string of the molecule is CCOc1ccc(C(=O)Oc2ccc(/C=N\NC(=O)COc3ccc([N+](=O)[O-])cc3)cc2)cc1. The van der Waals surface area contributed by atoms with E-state index in [0.29, 0.717) is 35.0 Å². The monoisotopic (exact) mass is 463 g/mol. The summed E-state index contributed by atoms with van der Waals surface area (Å²) in [7, 11) is 0. The van der Waals surface area contributed by atoms with Crippen LogP contribution in [-0.2, 0) is 4.79 Å². The van der Waals surface area contributed by atoms with Crippen molar-refractivity contribution in [2.24, 2.45) is 5.10 Å². The van der Waals surface area contributed by atoms with E-state index in [9.17, 15) is 19.7 Å². The zero-order valence-corrected chi connectivity index (χ0v) is 18.2. The third kappa shape index (κ3) is 7.16. The maximum atomic E-state index is 12.2. The summed E-state index contributed by atoms with van der Waals surface area (Å²) in [6, 6.07) is 18.6. The molecular weight excluding hydrogens is 442 g/mol. The van der Waals surface area contributed by atoms with Crippen molar-refractivity contribution < 1.29 is 28.7 Å². The van der Waals surface area contributed by atoms with Crippen molar-refractivity contribution >= 4 is 23.8 Å². The number of nitrogens with one attached hydrogen (secondary N) is 1. The van der Waals surface area contributed by atoms with Crippen LogP contribution in [0.2, 0.25) is 0 Å². The van der Waals surface area contributed by atoms with Gasteiger partial charge in [0.2, 0.25) is 0 Å². The quantitative estimate of drug-likeness (QED) is 0.159. The topological polar surface area (TPSA) is 129 Å². The molecule has 10 heteroatoms. The Labute approximate surface area is 194 Å². The molecule has 0 aliphatic carbocycles. The molecule has 0 heterocycles. The Morgan fingerprint density at radius 1 is 0.912 bits per heavy atom. The van der Waals surface area contributed by atoms with Crippen molar-refractivity contribution in [2.75, 3.05) is 13.2 Å². The van der Waals surface area contributed by atoms with Crippen LogP contribution in [0.3, 0.4) is 0 Å². The van der Waals surface area contributed by atoms with E-state index in [-0.39, 0.29) is 12.3 Å². The summed E-state index contributed by atoms with van der Waals surface area (Å²) in [5.41, 5.74) is 3.30. The van der Waals surface area contributed by atoms with Crippen LogP contribution in [0, 0.1) is 10.1 Å². The van der Waals surface area contributed by atoms with Crippen LogP contribution in [0.4, 0.5) is 5.69 Å². The molecule has 3 rings (SSSR count). The fourth-order valence-corrected chi connectivity index (χ4v) is 2.67. The van der Waals surface area contributed by atoms with Crippen molar-refractivity contribution in [3.63, 3.8) is 0 Å². The maximum Gasteiger partial charge on any atom is 0.343 e. The number of nitro benzene ring substituents is 1. The third-order valence-corrected chi connectivity index (χ3v) is 4.31. The summed E-state index contributed by atoms with van der Waals surface area (Å²) in [6.07, 6.45) is 1.42. The van der Waals surface area contributed by atoms with Gasteiger partial charge < -0.3 is 14.2 Å². The number of hydrazone groups is 1. The summed E-state index contributed by atoms with van der Waals surface area (Å²) in [5, 5.41) is 14.5. The Morgan fingerprint density at radius 2 is 1.50 bits per heavy atom. The van der Waals surface area contributed by atoms with Crippen molar-refractivity contribution in [1.82, 2.24) is 5.43 Å². The van der Waals surface area contributed by atoms with Crippen LogP contribution < -0.4 is 19.6 Å². The van der Waals surface area contributed by atoms with Gasteiger partial charge in [-0.15, -0.1) is 0 Å². The van der Waals surface area contributed by atoms with Gasteiger partial charge in [-0.2, -0.15) is 5.10 Å². The number of nitro groups is 1. The smallest absolute Gasteiger partial charge is 0.343 e. The number of amides is 1. The van der Waals surface area contributed by atoms with Crippen LogP contribution in [0.1, 0.15) is 22.8 Å². The van der Waals surface area contributed by atoms with E-state index in [2.05, 4.69) is 10.5 Å². The standard InChI is InChI=1S/C24H21N3O7/c1-2-32-20-11-5-18(6-12-20)24(29)34-22-9-3-17(4-10-22)15-25-26-23(28)16-33-21-13-7-19(8-14-21)27(30)31/h3-15H,2,16H2,1H3,(H,26,28)/b25-15-. The van der Waals surface area contributed by atoms with E-state index in [1.807, 2.05) is 6.92 Å².